The number of furan rings is 1. The molecule has 36 heavy (non-hydrogen) atoms. The number of hydrogen-bond donors (Lipinski definition) is 0. The van der Waals surface area contributed by atoms with Crippen LogP contribution in [-0.2, 0) is 0 Å². The average Bonchev–Trinajstić information content (AvgIpc) is 3.31. The summed E-state index contributed by atoms with van der Waals surface area (Å²) in [4.78, 5) is 2.34. The minimum atomic E-state index is 0.906. The van der Waals surface area contributed by atoms with Crippen molar-refractivity contribution in [3.63, 3.8) is 0 Å². The molecule has 0 aliphatic heterocycles. The van der Waals surface area contributed by atoms with Crippen molar-refractivity contribution in [1.29, 1.82) is 0 Å². The Kier molecular flexibility index (Phi) is 3.97. The molecule has 0 bridgehead atoms. The third kappa shape index (κ3) is 2.79. The quantitative estimate of drug-likeness (QED) is 0.244. The van der Waals surface area contributed by atoms with E-state index in [0.717, 1.165) is 39.0 Å². The maximum atomic E-state index is 6.11. The van der Waals surface area contributed by atoms with Crippen molar-refractivity contribution in [3.05, 3.63) is 127 Å². The van der Waals surface area contributed by atoms with Gasteiger partial charge < -0.3 is 9.32 Å². The Balaban J connectivity index is 1.41. The molecule has 0 N–H and O–H groups in total. The van der Waals surface area contributed by atoms with Gasteiger partial charge in [0.05, 0.1) is 0 Å². The second-order valence-electron chi connectivity index (χ2n) is 9.43. The van der Waals surface area contributed by atoms with Crippen LogP contribution >= 0.6 is 0 Å². The summed E-state index contributed by atoms with van der Waals surface area (Å²) >= 11 is 0. The zero-order chi connectivity index (χ0) is 23.6. The van der Waals surface area contributed by atoms with E-state index in [1.165, 1.54) is 32.3 Å². The zero-order valence-corrected chi connectivity index (χ0v) is 19.5. The molecule has 1 aromatic heterocycles. The molecule has 0 atom stereocenters. The first kappa shape index (κ1) is 19.5. The van der Waals surface area contributed by atoms with Crippen LogP contribution in [0.1, 0.15) is 0 Å². The fourth-order valence-corrected chi connectivity index (χ4v) is 5.74. The van der Waals surface area contributed by atoms with Crippen LogP contribution in [0.4, 0.5) is 17.1 Å². The molecule has 0 aliphatic carbocycles. The van der Waals surface area contributed by atoms with E-state index in [4.69, 9.17) is 4.42 Å². The third-order valence-electron chi connectivity index (χ3n) is 7.34. The van der Waals surface area contributed by atoms with E-state index in [0.29, 0.717) is 0 Å². The highest BCUT2D eigenvalue weighted by Gasteiger charge is 2.17. The molecule has 8 rings (SSSR count). The summed E-state index contributed by atoms with van der Waals surface area (Å²) in [6.07, 6.45) is 0. The SMILES string of the molecule is c1ccc(N(c2cc3ccc4cccc5ccc(c2)c3c45)c2ccc3oc4ccccc4c3c2)cc1. The molecule has 0 saturated carbocycles. The molecule has 0 saturated heterocycles. The second kappa shape index (κ2) is 7.34. The summed E-state index contributed by atoms with van der Waals surface area (Å²) in [6, 6.07) is 45.5. The lowest BCUT2D eigenvalue weighted by atomic mass is 9.93. The van der Waals surface area contributed by atoms with Crippen molar-refractivity contribution in [1.82, 2.24) is 0 Å². The van der Waals surface area contributed by atoms with Crippen molar-refractivity contribution in [2.24, 2.45) is 0 Å². The number of para-hydroxylation sites is 2. The topological polar surface area (TPSA) is 16.4 Å². The largest absolute Gasteiger partial charge is 0.456 e. The van der Waals surface area contributed by atoms with Crippen LogP contribution in [0.2, 0.25) is 0 Å². The van der Waals surface area contributed by atoms with E-state index in [1.807, 2.05) is 12.1 Å². The highest BCUT2D eigenvalue weighted by Crippen LogP contribution is 2.42. The van der Waals surface area contributed by atoms with Crippen LogP contribution in [0.15, 0.2) is 132 Å². The Hall–Kier alpha value is -4.82. The van der Waals surface area contributed by atoms with Crippen LogP contribution in [0.25, 0.3) is 54.3 Å². The van der Waals surface area contributed by atoms with E-state index in [9.17, 15) is 0 Å². The highest BCUT2D eigenvalue weighted by molar-refractivity contribution is 6.23. The Morgan fingerprint density at radius 3 is 1.81 bits per heavy atom. The summed E-state index contributed by atoms with van der Waals surface area (Å²) in [5.74, 6) is 0. The number of nitrogens with zero attached hydrogens (tertiary/aromatic N) is 1. The van der Waals surface area contributed by atoms with Gasteiger partial charge in [0.2, 0.25) is 0 Å². The molecule has 0 radical (unpaired) electrons. The summed E-state index contributed by atoms with van der Waals surface area (Å²) in [6.45, 7) is 0. The highest BCUT2D eigenvalue weighted by atomic mass is 16.3. The van der Waals surface area contributed by atoms with E-state index in [-0.39, 0.29) is 0 Å². The van der Waals surface area contributed by atoms with Crippen LogP contribution in [0.3, 0.4) is 0 Å². The van der Waals surface area contributed by atoms with E-state index in [1.54, 1.807) is 0 Å². The monoisotopic (exact) mass is 459 g/mol. The summed E-state index contributed by atoms with van der Waals surface area (Å²) in [7, 11) is 0. The maximum absolute atomic E-state index is 6.11. The van der Waals surface area contributed by atoms with Crippen molar-refractivity contribution in [2.45, 2.75) is 0 Å². The molecule has 1 heterocycles. The van der Waals surface area contributed by atoms with Gasteiger partial charge in [-0.2, -0.15) is 0 Å². The van der Waals surface area contributed by atoms with Crippen molar-refractivity contribution < 1.29 is 4.42 Å². The summed E-state index contributed by atoms with van der Waals surface area (Å²) in [5, 5.41) is 10.0. The summed E-state index contributed by atoms with van der Waals surface area (Å²) < 4.78 is 6.11. The lowest BCUT2D eigenvalue weighted by Gasteiger charge is -2.26. The molecular weight excluding hydrogens is 438 g/mol. The second-order valence-corrected chi connectivity index (χ2v) is 9.43. The lowest BCUT2D eigenvalue weighted by molar-refractivity contribution is 0.669. The Labute approximate surface area is 207 Å². The van der Waals surface area contributed by atoms with Gasteiger partial charge in [0.1, 0.15) is 11.2 Å². The number of hydrogen-bond acceptors (Lipinski definition) is 2. The van der Waals surface area contributed by atoms with Gasteiger partial charge in [0.15, 0.2) is 0 Å². The van der Waals surface area contributed by atoms with Gasteiger partial charge in [0, 0.05) is 27.8 Å². The standard InChI is InChI=1S/C34H21NO/c1-2-9-26(10-3-1)35(27-17-18-32-30(21-27)29-11-4-5-12-31(29)36-32)28-19-24-15-13-22-7-6-8-23-14-16-25(20-28)34(24)33(22)23/h1-21H. The Morgan fingerprint density at radius 2 is 1.03 bits per heavy atom. The molecule has 0 fully saturated rings. The van der Waals surface area contributed by atoms with Gasteiger partial charge in [-0.3, -0.25) is 0 Å². The normalized spacial score (nSPS) is 11.9. The molecule has 0 amide bonds. The van der Waals surface area contributed by atoms with Gasteiger partial charge in [-0.15, -0.1) is 0 Å². The fourth-order valence-electron chi connectivity index (χ4n) is 5.74. The fraction of sp³-hybridized carbons (Fsp3) is 0. The Bertz CT molecular complexity index is 1990. The van der Waals surface area contributed by atoms with Crippen LogP contribution in [0, 0.1) is 0 Å². The molecule has 0 unspecified atom stereocenters. The molecule has 8 aromatic rings. The molecule has 2 heteroatoms. The van der Waals surface area contributed by atoms with Crippen LogP contribution in [-0.4, -0.2) is 0 Å². The molecule has 2 nitrogen and oxygen atoms in total. The Morgan fingerprint density at radius 1 is 0.389 bits per heavy atom. The number of fused-ring (bicyclic) bond motifs is 3. The van der Waals surface area contributed by atoms with Crippen LogP contribution < -0.4 is 4.90 Å². The van der Waals surface area contributed by atoms with Crippen molar-refractivity contribution in [3.8, 4) is 0 Å². The first-order valence-electron chi connectivity index (χ1n) is 12.3. The van der Waals surface area contributed by atoms with Crippen molar-refractivity contribution >= 4 is 71.3 Å². The minimum absolute atomic E-state index is 0.906. The third-order valence-corrected chi connectivity index (χ3v) is 7.34. The summed E-state index contributed by atoms with van der Waals surface area (Å²) in [5.41, 5.74) is 5.19. The predicted octanol–water partition coefficient (Wildman–Crippen LogP) is 9.95. The molecule has 7 aromatic carbocycles. The first-order valence-corrected chi connectivity index (χ1v) is 12.3. The zero-order valence-electron chi connectivity index (χ0n) is 19.5. The first-order chi connectivity index (χ1) is 17.8. The average molecular weight is 460 g/mol. The number of anilines is 3. The lowest BCUT2D eigenvalue weighted by Crippen LogP contribution is -2.09. The van der Waals surface area contributed by atoms with Crippen molar-refractivity contribution in [2.75, 3.05) is 4.90 Å². The molecule has 168 valence electrons. The van der Waals surface area contributed by atoms with E-state index in [2.05, 4.69) is 120 Å². The minimum Gasteiger partial charge on any atom is -0.456 e. The molecular formula is C34H21NO. The van der Waals surface area contributed by atoms with Gasteiger partial charge in [0.25, 0.3) is 0 Å². The smallest absolute Gasteiger partial charge is 0.135 e. The van der Waals surface area contributed by atoms with E-state index >= 15 is 0 Å². The van der Waals surface area contributed by atoms with Gasteiger partial charge >= 0.3 is 0 Å². The predicted molar refractivity (Wildman–Crippen MR) is 152 cm³/mol. The van der Waals surface area contributed by atoms with Crippen LogP contribution in [0.5, 0.6) is 0 Å². The molecule has 0 spiro atoms. The number of rotatable bonds is 3. The van der Waals surface area contributed by atoms with E-state index < -0.39 is 0 Å². The molecule has 0 aliphatic rings. The maximum Gasteiger partial charge on any atom is 0.135 e. The number of benzene rings is 7. The van der Waals surface area contributed by atoms with Gasteiger partial charge in [-0.25, -0.2) is 0 Å². The van der Waals surface area contributed by atoms with Gasteiger partial charge in [-0.1, -0.05) is 78.9 Å². The van der Waals surface area contributed by atoms with Gasteiger partial charge in [-0.05, 0) is 80.8 Å².